The molecule has 1 atom stereocenters. The van der Waals surface area contributed by atoms with Crippen LogP contribution in [0.3, 0.4) is 0 Å². The van der Waals surface area contributed by atoms with Gasteiger partial charge in [0.2, 0.25) is 0 Å². The van der Waals surface area contributed by atoms with Crippen molar-refractivity contribution in [1.29, 1.82) is 0 Å². The summed E-state index contributed by atoms with van der Waals surface area (Å²) in [6.07, 6.45) is 5.90. The molecule has 0 spiro atoms. The fraction of sp³-hybridized carbons (Fsp3) is 0.281. The molecule has 4 aromatic rings. The fourth-order valence-corrected chi connectivity index (χ4v) is 4.71. The summed E-state index contributed by atoms with van der Waals surface area (Å²) in [6, 6.07) is 20.5. The van der Waals surface area contributed by atoms with Crippen LogP contribution in [0.15, 0.2) is 79.0 Å². The molecule has 1 heterocycles. The van der Waals surface area contributed by atoms with Crippen LogP contribution in [0.2, 0.25) is 0 Å². The molecule has 1 fully saturated rings. The number of hydrogen-bond acceptors (Lipinski definition) is 8. The number of nitrogens with one attached hydrogen (secondary N) is 2. The van der Waals surface area contributed by atoms with Crippen molar-refractivity contribution in [2.24, 2.45) is 5.73 Å². The first-order chi connectivity index (χ1) is 20.5. The Morgan fingerprint density at radius 2 is 1.64 bits per heavy atom. The highest BCUT2D eigenvalue weighted by atomic mass is 16.5. The van der Waals surface area contributed by atoms with E-state index in [0.717, 1.165) is 31.1 Å². The lowest BCUT2D eigenvalue weighted by Crippen LogP contribution is -2.35. The quantitative estimate of drug-likeness (QED) is 0.180. The van der Waals surface area contributed by atoms with Gasteiger partial charge in [0, 0.05) is 35.4 Å². The van der Waals surface area contributed by atoms with Gasteiger partial charge in [-0.1, -0.05) is 18.2 Å². The summed E-state index contributed by atoms with van der Waals surface area (Å²) in [5, 5.41) is 6.30. The number of amides is 2. The number of carbonyl (C=O) groups is 2. The van der Waals surface area contributed by atoms with Crippen molar-refractivity contribution >= 4 is 34.3 Å². The molecule has 1 aromatic heterocycles. The molecular weight excluding hydrogens is 536 g/mol. The van der Waals surface area contributed by atoms with Gasteiger partial charge in [0.05, 0.1) is 19.2 Å². The molecule has 1 saturated carbocycles. The number of benzene rings is 3. The Morgan fingerprint density at radius 1 is 0.929 bits per heavy atom. The molecule has 0 aliphatic heterocycles. The molecule has 1 aliphatic carbocycles. The lowest BCUT2D eigenvalue weighted by atomic mass is 10.1. The monoisotopic (exact) mass is 570 g/mol. The smallest absolute Gasteiger partial charge is 0.323 e. The molecule has 10 nitrogen and oxygen atoms in total. The molecule has 4 N–H and O–H groups in total. The minimum absolute atomic E-state index is 0.0198. The Kier molecular flexibility index (Phi) is 9.35. The van der Waals surface area contributed by atoms with E-state index in [9.17, 15) is 9.59 Å². The topological polar surface area (TPSA) is 134 Å². The van der Waals surface area contributed by atoms with Crippen molar-refractivity contribution in [2.45, 2.75) is 44.2 Å². The maximum Gasteiger partial charge on any atom is 0.323 e. The summed E-state index contributed by atoms with van der Waals surface area (Å²) >= 11 is 0. The lowest BCUT2D eigenvalue weighted by molar-refractivity contribution is -0.150. The standard InChI is InChI=1S/C32H34N4O6/c1-39-29-19-25-27(20-30(29)40-18-16-26(33)31(37)42-23-9-5-6-10-23)34-17-15-28(25)41-24-13-11-22(12-14-24)36-32(38)35-21-7-3-2-4-8-21/h2-4,7-8,11-15,17,19-20,23,26H,5-6,9-10,16,18,33H2,1H3,(H2,35,36,38). The zero-order valence-corrected chi connectivity index (χ0v) is 23.4. The normalized spacial score (nSPS) is 13.8. The molecule has 3 aromatic carbocycles. The minimum atomic E-state index is -0.755. The maximum absolute atomic E-state index is 12.3. The Balaban J connectivity index is 1.20. The number of para-hydroxylation sites is 1. The van der Waals surface area contributed by atoms with E-state index < -0.39 is 12.0 Å². The molecule has 218 valence electrons. The van der Waals surface area contributed by atoms with Crippen LogP contribution in [-0.2, 0) is 9.53 Å². The number of urea groups is 1. The van der Waals surface area contributed by atoms with Crippen molar-refractivity contribution in [3.63, 3.8) is 0 Å². The maximum atomic E-state index is 12.3. The third-order valence-electron chi connectivity index (χ3n) is 6.93. The molecule has 0 radical (unpaired) electrons. The third kappa shape index (κ3) is 7.46. The van der Waals surface area contributed by atoms with Gasteiger partial charge in [-0.2, -0.15) is 0 Å². The van der Waals surface area contributed by atoms with Gasteiger partial charge in [-0.25, -0.2) is 4.79 Å². The number of nitrogens with two attached hydrogens (primary N) is 1. The highest BCUT2D eigenvalue weighted by Gasteiger charge is 2.23. The van der Waals surface area contributed by atoms with E-state index in [-0.39, 0.29) is 18.7 Å². The van der Waals surface area contributed by atoms with E-state index in [4.69, 9.17) is 24.7 Å². The SMILES string of the molecule is COc1cc2c(Oc3ccc(NC(=O)Nc4ccccc4)cc3)ccnc2cc1OCCC(N)C(=O)OC1CCCC1. The van der Waals surface area contributed by atoms with Crippen LogP contribution in [0.5, 0.6) is 23.0 Å². The number of esters is 1. The average molecular weight is 571 g/mol. The fourth-order valence-electron chi connectivity index (χ4n) is 4.71. The highest BCUT2D eigenvalue weighted by molar-refractivity contribution is 5.99. The van der Waals surface area contributed by atoms with E-state index in [2.05, 4.69) is 15.6 Å². The summed E-state index contributed by atoms with van der Waals surface area (Å²) in [4.78, 5) is 29.0. The van der Waals surface area contributed by atoms with Gasteiger partial charge in [-0.15, -0.1) is 0 Å². The number of anilines is 2. The summed E-state index contributed by atoms with van der Waals surface area (Å²) in [5.41, 5.74) is 8.00. The number of fused-ring (bicyclic) bond motifs is 1. The molecule has 5 rings (SSSR count). The number of ether oxygens (including phenoxy) is 4. The van der Waals surface area contributed by atoms with Crippen molar-refractivity contribution in [3.8, 4) is 23.0 Å². The van der Waals surface area contributed by atoms with Gasteiger partial charge in [-0.3, -0.25) is 9.78 Å². The highest BCUT2D eigenvalue weighted by Crippen LogP contribution is 2.37. The minimum Gasteiger partial charge on any atom is -0.493 e. The predicted molar refractivity (Wildman–Crippen MR) is 160 cm³/mol. The number of carbonyl (C=O) groups excluding carboxylic acids is 2. The van der Waals surface area contributed by atoms with E-state index >= 15 is 0 Å². The number of rotatable bonds is 11. The molecule has 1 unspecified atom stereocenters. The molecule has 2 amide bonds. The molecule has 1 aliphatic rings. The number of methoxy groups -OCH3 is 1. The first-order valence-corrected chi connectivity index (χ1v) is 13.9. The zero-order valence-electron chi connectivity index (χ0n) is 23.4. The molecular formula is C32H34N4O6. The number of nitrogens with zero attached hydrogens (tertiary/aromatic N) is 1. The van der Waals surface area contributed by atoms with Crippen molar-refractivity contribution < 1.29 is 28.5 Å². The van der Waals surface area contributed by atoms with Gasteiger partial charge in [0.25, 0.3) is 0 Å². The second-order valence-electron chi connectivity index (χ2n) is 9.99. The van der Waals surface area contributed by atoms with Gasteiger partial charge >= 0.3 is 12.0 Å². The lowest BCUT2D eigenvalue weighted by Gasteiger charge is -2.17. The second kappa shape index (κ2) is 13.7. The van der Waals surface area contributed by atoms with Crippen molar-refractivity contribution in [3.05, 3.63) is 79.0 Å². The van der Waals surface area contributed by atoms with Gasteiger partial charge in [0.1, 0.15) is 23.6 Å². The van der Waals surface area contributed by atoms with Crippen LogP contribution in [-0.4, -0.2) is 42.8 Å². The van der Waals surface area contributed by atoms with Crippen LogP contribution in [0, 0.1) is 0 Å². The largest absolute Gasteiger partial charge is 0.493 e. The summed E-state index contributed by atoms with van der Waals surface area (Å²) < 4.78 is 23.1. The summed E-state index contributed by atoms with van der Waals surface area (Å²) in [5.74, 6) is 1.73. The van der Waals surface area contributed by atoms with Crippen LogP contribution in [0.25, 0.3) is 10.9 Å². The van der Waals surface area contributed by atoms with E-state index in [1.807, 2.05) is 30.3 Å². The average Bonchev–Trinajstić information content (AvgIpc) is 3.51. The number of aromatic nitrogens is 1. The molecule has 42 heavy (non-hydrogen) atoms. The van der Waals surface area contributed by atoms with Crippen LogP contribution in [0.4, 0.5) is 16.2 Å². The summed E-state index contributed by atoms with van der Waals surface area (Å²) in [6.45, 7) is 0.211. The Hall–Kier alpha value is -4.83. The Bertz CT molecular complexity index is 1510. The molecule has 0 saturated heterocycles. The van der Waals surface area contributed by atoms with E-state index in [1.165, 1.54) is 0 Å². The first kappa shape index (κ1) is 28.7. The van der Waals surface area contributed by atoms with E-state index in [0.29, 0.717) is 46.3 Å². The first-order valence-electron chi connectivity index (χ1n) is 13.9. The van der Waals surface area contributed by atoms with Gasteiger partial charge in [-0.05, 0) is 74.2 Å². The second-order valence-corrected chi connectivity index (χ2v) is 9.99. The molecule has 10 heteroatoms. The van der Waals surface area contributed by atoms with Gasteiger partial charge < -0.3 is 35.3 Å². The predicted octanol–water partition coefficient (Wildman–Crippen LogP) is 6.26. The van der Waals surface area contributed by atoms with E-state index in [1.54, 1.807) is 55.8 Å². The van der Waals surface area contributed by atoms with Crippen molar-refractivity contribution in [1.82, 2.24) is 4.98 Å². The number of hydrogen-bond donors (Lipinski definition) is 3. The number of pyridine rings is 1. The van der Waals surface area contributed by atoms with Crippen LogP contribution >= 0.6 is 0 Å². The Morgan fingerprint density at radius 3 is 2.36 bits per heavy atom. The third-order valence-corrected chi connectivity index (χ3v) is 6.93. The summed E-state index contributed by atoms with van der Waals surface area (Å²) in [7, 11) is 1.55. The molecule has 0 bridgehead atoms. The van der Waals surface area contributed by atoms with Crippen LogP contribution < -0.4 is 30.6 Å². The van der Waals surface area contributed by atoms with Gasteiger partial charge in [0.15, 0.2) is 11.5 Å². The zero-order chi connectivity index (χ0) is 29.3. The Labute approximate surface area is 244 Å². The van der Waals surface area contributed by atoms with Crippen LogP contribution in [0.1, 0.15) is 32.1 Å². The van der Waals surface area contributed by atoms with Crippen molar-refractivity contribution in [2.75, 3.05) is 24.4 Å².